The van der Waals surface area contributed by atoms with Crippen molar-refractivity contribution in [2.75, 3.05) is 18.0 Å². The fourth-order valence-corrected chi connectivity index (χ4v) is 7.38. The summed E-state index contributed by atoms with van der Waals surface area (Å²) in [4.78, 5) is 35.8. The summed E-state index contributed by atoms with van der Waals surface area (Å²) >= 11 is 19.3. The second-order valence-corrected chi connectivity index (χ2v) is 13.5. The van der Waals surface area contributed by atoms with Crippen LogP contribution in [-0.4, -0.2) is 56.7 Å². The van der Waals surface area contributed by atoms with Crippen LogP contribution in [0.25, 0.3) is 28.0 Å². The van der Waals surface area contributed by atoms with E-state index in [1.165, 1.54) is 17.6 Å². The highest BCUT2D eigenvalue weighted by Crippen LogP contribution is 2.46. The summed E-state index contributed by atoms with van der Waals surface area (Å²) in [6.45, 7) is 15.4. The maximum absolute atomic E-state index is 14.7. The molecule has 2 aromatic heterocycles. The molecule has 1 fully saturated rings. The zero-order valence-electron chi connectivity index (χ0n) is 26.8. The molecule has 2 aliphatic heterocycles. The summed E-state index contributed by atoms with van der Waals surface area (Å²) in [5.74, 6) is -1.79. The lowest BCUT2D eigenvalue weighted by atomic mass is 9.94. The molecule has 5 rings (SSSR count). The van der Waals surface area contributed by atoms with Gasteiger partial charge in [0.05, 0.1) is 33.2 Å². The number of nitriles is 1. The molecule has 246 valence electrons. The van der Waals surface area contributed by atoms with Gasteiger partial charge in [0.1, 0.15) is 28.1 Å². The number of pyridine rings is 2. The standard InChI is InChI=1S/C34H34Cl3FN6O3/c1-8-23(45)43-17(5)13-42(14-18(43)6)31-20-11-22(35)29(24-19(7)25(36)27(38)26(37)32(24)46)41-33(20)44(34(47)21(31)12-39)30-16(4)9-10-40-28(30)15(2)3/h8-11,15,17-18,28,40,46H,1,13-14H2,2-7H3/t17-,18+,28?. The molecule has 0 saturated carbocycles. The second-order valence-electron chi connectivity index (χ2n) is 12.3. The Kier molecular flexibility index (Phi) is 9.39. The van der Waals surface area contributed by atoms with Crippen molar-refractivity contribution in [3.8, 4) is 23.1 Å². The Hall–Kier alpha value is -4.04. The zero-order valence-corrected chi connectivity index (χ0v) is 29.0. The number of dihydropyridines is 1. The van der Waals surface area contributed by atoms with Gasteiger partial charge in [0, 0.05) is 36.1 Å². The molecule has 2 N–H and O–H groups in total. The van der Waals surface area contributed by atoms with Crippen LogP contribution in [0, 0.1) is 30.0 Å². The first-order chi connectivity index (χ1) is 22.2. The first kappa shape index (κ1) is 34.3. The Morgan fingerprint density at radius 2 is 1.85 bits per heavy atom. The van der Waals surface area contributed by atoms with Crippen LogP contribution >= 0.6 is 34.8 Å². The van der Waals surface area contributed by atoms with Gasteiger partial charge >= 0.3 is 0 Å². The third-order valence-corrected chi connectivity index (χ3v) is 9.92. The van der Waals surface area contributed by atoms with Crippen LogP contribution in [0.15, 0.2) is 41.4 Å². The van der Waals surface area contributed by atoms with Crippen LogP contribution in [0.3, 0.4) is 0 Å². The molecule has 0 spiro atoms. The van der Waals surface area contributed by atoms with Gasteiger partial charge in [-0.05, 0) is 69.2 Å². The number of piperazine rings is 1. The van der Waals surface area contributed by atoms with Crippen molar-refractivity contribution < 1.29 is 14.3 Å². The lowest BCUT2D eigenvalue weighted by Crippen LogP contribution is -2.58. The van der Waals surface area contributed by atoms with Gasteiger partial charge in [0.2, 0.25) is 5.91 Å². The molecule has 0 aliphatic carbocycles. The molecule has 13 heteroatoms. The average molecular weight is 700 g/mol. The van der Waals surface area contributed by atoms with E-state index in [4.69, 9.17) is 39.8 Å². The molecular formula is C34H34Cl3FN6O3. The number of phenolic OH excluding ortho intramolecular Hbond substituents is 1. The number of fused-ring (bicyclic) bond motifs is 1. The number of rotatable bonds is 5. The highest BCUT2D eigenvalue weighted by molar-refractivity contribution is 6.38. The summed E-state index contributed by atoms with van der Waals surface area (Å²) in [6, 6.07) is 2.82. The number of carbonyl (C=O) groups excluding carboxylic acids is 1. The number of amides is 1. The number of phenols is 1. The lowest BCUT2D eigenvalue weighted by molar-refractivity contribution is -0.130. The fraction of sp³-hybridized carbons (Fsp3) is 0.353. The largest absolute Gasteiger partial charge is 0.506 e. The number of benzene rings is 1. The molecular weight excluding hydrogens is 666 g/mol. The number of halogens is 4. The van der Waals surface area contributed by atoms with Crippen molar-refractivity contribution >= 4 is 63.1 Å². The van der Waals surface area contributed by atoms with Crippen molar-refractivity contribution in [3.63, 3.8) is 0 Å². The van der Waals surface area contributed by atoms with Crippen LogP contribution in [0.5, 0.6) is 5.75 Å². The van der Waals surface area contributed by atoms with Gasteiger partial charge in [-0.3, -0.25) is 14.2 Å². The number of aromatic hydroxyl groups is 1. The van der Waals surface area contributed by atoms with Gasteiger partial charge in [0.25, 0.3) is 5.56 Å². The zero-order chi connectivity index (χ0) is 34.6. The topological polar surface area (TPSA) is 114 Å². The Bertz CT molecular complexity index is 1970. The molecule has 0 radical (unpaired) electrons. The number of hydrogen-bond donors (Lipinski definition) is 2. The minimum atomic E-state index is -0.986. The summed E-state index contributed by atoms with van der Waals surface area (Å²) < 4.78 is 16.1. The van der Waals surface area contributed by atoms with E-state index in [1.54, 1.807) is 11.0 Å². The Balaban J connectivity index is 1.92. The summed E-state index contributed by atoms with van der Waals surface area (Å²) in [7, 11) is 0. The van der Waals surface area contributed by atoms with Crippen molar-refractivity contribution in [2.24, 2.45) is 5.92 Å². The Morgan fingerprint density at radius 1 is 1.21 bits per heavy atom. The summed E-state index contributed by atoms with van der Waals surface area (Å²) in [5, 5.41) is 24.5. The number of nitrogens with one attached hydrogen (secondary N) is 1. The predicted octanol–water partition coefficient (Wildman–Crippen LogP) is 7.03. The quantitative estimate of drug-likeness (QED) is 0.217. The van der Waals surface area contributed by atoms with E-state index < -0.39 is 22.1 Å². The fourth-order valence-electron chi connectivity index (χ4n) is 6.70. The van der Waals surface area contributed by atoms with E-state index in [-0.39, 0.29) is 68.0 Å². The van der Waals surface area contributed by atoms with E-state index in [0.29, 0.717) is 29.9 Å². The van der Waals surface area contributed by atoms with Gasteiger partial charge in [-0.15, -0.1) is 0 Å². The van der Waals surface area contributed by atoms with Gasteiger partial charge in [-0.1, -0.05) is 55.2 Å². The van der Waals surface area contributed by atoms with E-state index >= 15 is 0 Å². The van der Waals surface area contributed by atoms with Crippen LogP contribution in [0.4, 0.5) is 10.1 Å². The number of allylic oxidation sites excluding steroid dienone is 2. The van der Waals surface area contributed by atoms with Gasteiger partial charge in [0.15, 0.2) is 5.82 Å². The van der Waals surface area contributed by atoms with E-state index in [1.807, 2.05) is 51.8 Å². The summed E-state index contributed by atoms with van der Waals surface area (Å²) in [6.07, 6.45) is 4.91. The first-order valence-electron chi connectivity index (χ1n) is 15.0. The highest BCUT2D eigenvalue weighted by Gasteiger charge is 2.36. The third-order valence-electron chi connectivity index (χ3n) is 8.84. The average Bonchev–Trinajstić information content (AvgIpc) is 3.02. The van der Waals surface area contributed by atoms with E-state index in [2.05, 4.69) is 18.0 Å². The molecule has 3 atom stereocenters. The van der Waals surface area contributed by atoms with E-state index in [9.17, 15) is 24.3 Å². The summed E-state index contributed by atoms with van der Waals surface area (Å²) in [5.41, 5.74) is 1.28. The Morgan fingerprint density at radius 3 is 2.43 bits per heavy atom. The molecule has 47 heavy (non-hydrogen) atoms. The van der Waals surface area contributed by atoms with Gasteiger partial charge in [-0.2, -0.15) is 5.26 Å². The van der Waals surface area contributed by atoms with Gasteiger partial charge in [-0.25, -0.2) is 9.37 Å². The van der Waals surface area contributed by atoms with Crippen LogP contribution in [0.2, 0.25) is 15.1 Å². The minimum Gasteiger partial charge on any atom is -0.506 e. The highest BCUT2D eigenvalue weighted by atomic mass is 35.5. The first-order valence-corrected chi connectivity index (χ1v) is 16.2. The molecule has 1 saturated heterocycles. The molecule has 0 bridgehead atoms. The van der Waals surface area contributed by atoms with Crippen LogP contribution in [0.1, 0.15) is 45.7 Å². The molecule has 1 amide bonds. The van der Waals surface area contributed by atoms with Crippen LogP contribution < -0.4 is 15.8 Å². The smallest absolute Gasteiger partial charge is 0.276 e. The number of hydrogen-bond acceptors (Lipinski definition) is 7. The van der Waals surface area contributed by atoms with Crippen molar-refractivity contribution in [2.45, 2.75) is 59.7 Å². The minimum absolute atomic E-state index is 0.00443. The third kappa shape index (κ3) is 5.54. The molecule has 2 aliphatic rings. The Labute approximate surface area is 287 Å². The van der Waals surface area contributed by atoms with Gasteiger partial charge < -0.3 is 20.2 Å². The number of anilines is 1. The monoisotopic (exact) mass is 698 g/mol. The molecule has 3 aromatic rings. The maximum Gasteiger partial charge on any atom is 0.276 e. The SMILES string of the molecule is C=CC(=O)N1[C@H](C)CN(c2c(C#N)c(=O)n(C3=C(C)C=CNC3C(C)C)c3nc(-c4c(C)c(Cl)c(F)c(Cl)c4O)c(Cl)cc23)C[C@@H]1C. The van der Waals surface area contributed by atoms with Crippen LogP contribution in [-0.2, 0) is 4.79 Å². The number of aromatic nitrogens is 2. The maximum atomic E-state index is 14.7. The molecule has 1 aromatic carbocycles. The molecule has 1 unspecified atom stereocenters. The molecule has 9 nitrogen and oxygen atoms in total. The number of nitrogens with zero attached hydrogens (tertiary/aromatic N) is 5. The predicted molar refractivity (Wildman–Crippen MR) is 186 cm³/mol. The molecule has 4 heterocycles. The number of carbonyl (C=O) groups is 1. The van der Waals surface area contributed by atoms with Crippen molar-refractivity contribution in [3.05, 3.63) is 78.9 Å². The van der Waals surface area contributed by atoms with E-state index in [0.717, 1.165) is 5.57 Å². The normalized spacial score (nSPS) is 19.7. The lowest BCUT2D eigenvalue weighted by Gasteiger charge is -2.45. The second kappa shape index (κ2) is 12.9. The van der Waals surface area contributed by atoms with Crippen molar-refractivity contribution in [1.82, 2.24) is 19.8 Å². The van der Waals surface area contributed by atoms with Crippen molar-refractivity contribution in [1.29, 1.82) is 5.26 Å².